The highest BCUT2D eigenvalue weighted by Crippen LogP contribution is 2.39. The number of hydrogen-bond acceptors (Lipinski definition) is 4. The normalized spacial score (nSPS) is 10.9. The molecule has 0 aliphatic rings. The molecule has 0 fully saturated rings. The van der Waals surface area contributed by atoms with Gasteiger partial charge in [0.05, 0.1) is 20.6 Å². The molecule has 0 aromatic heterocycles. The predicted molar refractivity (Wildman–Crippen MR) is 66.5 cm³/mol. The molecule has 1 rings (SSSR count). The zero-order chi connectivity index (χ0) is 13.8. The van der Waals surface area contributed by atoms with Gasteiger partial charge in [-0.25, -0.2) is 0 Å². The molecule has 1 aromatic carbocycles. The SMILES string of the molecule is COc1cccc(OC)c1OC(C)(C)CC(=O)O. The van der Waals surface area contributed by atoms with Crippen LogP contribution < -0.4 is 14.2 Å². The van der Waals surface area contributed by atoms with E-state index in [0.29, 0.717) is 17.2 Å². The average molecular weight is 254 g/mol. The molecule has 0 amide bonds. The largest absolute Gasteiger partial charge is 0.493 e. The Labute approximate surface area is 106 Å². The number of para-hydroxylation sites is 1. The van der Waals surface area contributed by atoms with Gasteiger partial charge >= 0.3 is 5.97 Å². The van der Waals surface area contributed by atoms with E-state index < -0.39 is 11.6 Å². The monoisotopic (exact) mass is 254 g/mol. The first-order chi connectivity index (χ1) is 8.39. The van der Waals surface area contributed by atoms with Gasteiger partial charge < -0.3 is 19.3 Å². The second-order valence-corrected chi connectivity index (χ2v) is 4.42. The third kappa shape index (κ3) is 3.55. The number of carboxylic acid groups (broad SMARTS) is 1. The number of rotatable bonds is 6. The molecule has 5 heteroatoms. The number of benzene rings is 1. The van der Waals surface area contributed by atoms with Crippen LogP contribution in [0.25, 0.3) is 0 Å². The first-order valence-corrected chi connectivity index (χ1v) is 5.51. The van der Waals surface area contributed by atoms with Crippen molar-refractivity contribution in [3.8, 4) is 17.2 Å². The van der Waals surface area contributed by atoms with Crippen LogP contribution >= 0.6 is 0 Å². The molecule has 0 aliphatic heterocycles. The lowest BCUT2D eigenvalue weighted by Gasteiger charge is -2.26. The highest BCUT2D eigenvalue weighted by Gasteiger charge is 2.27. The van der Waals surface area contributed by atoms with Crippen LogP contribution in [-0.4, -0.2) is 30.9 Å². The van der Waals surface area contributed by atoms with Crippen molar-refractivity contribution in [3.63, 3.8) is 0 Å². The molecule has 0 heterocycles. The lowest BCUT2D eigenvalue weighted by molar-refractivity contribution is -0.140. The van der Waals surface area contributed by atoms with E-state index in [9.17, 15) is 4.79 Å². The Balaban J connectivity index is 3.05. The maximum atomic E-state index is 10.8. The second kappa shape index (κ2) is 5.62. The van der Waals surface area contributed by atoms with Crippen LogP contribution in [-0.2, 0) is 4.79 Å². The molecule has 0 spiro atoms. The molecule has 1 aromatic rings. The highest BCUT2D eigenvalue weighted by atomic mass is 16.5. The predicted octanol–water partition coefficient (Wildman–Crippen LogP) is 2.34. The van der Waals surface area contributed by atoms with E-state index in [2.05, 4.69) is 0 Å². The molecule has 0 atom stereocenters. The summed E-state index contributed by atoms with van der Waals surface area (Å²) < 4.78 is 16.1. The van der Waals surface area contributed by atoms with Gasteiger partial charge in [0.2, 0.25) is 5.75 Å². The van der Waals surface area contributed by atoms with E-state index in [1.165, 1.54) is 14.2 Å². The third-order valence-corrected chi connectivity index (χ3v) is 2.34. The van der Waals surface area contributed by atoms with Gasteiger partial charge in [-0.05, 0) is 26.0 Å². The summed E-state index contributed by atoms with van der Waals surface area (Å²) in [7, 11) is 3.04. The third-order valence-electron chi connectivity index (χ3n) is 2.34. The summed E-state index contributed by atoms with van der Waals surface area (Å²) in [5.41, 5.74) is -0.853. The van der Waals surface area contributed by atoms with Crippen molar-refractivity contribution in [1.29, 1.82) is 0 Å². The van der Waals surface area contributed by atoms with E-state index in [-0.39, 0.29) is 6.42 Å². The number of methoxy groups -OCH3 is 2. The van der Waals surface area contributed by atoms with Crippen molar-refractivity contribution in [2.45, 2.75) is 25.9 Å². The summed E-state index contributed by atoms with van der Waals surface area (Å²) in [5.74, 6) is 0.503. The number of aliphatic carboxylic acids is 1. The Morgan fingerprint density at radius 1 is 1.22 bits per heavy atom. The lowest BCUT2D eigenvalue weighted by atomic mass is 10.1. The minimum Gasteiger partial charge on any atom is -0.493 e. The topological polar surface area (TPSA) is 65.0 Å². The van der Waals surface area contributed by atoms with E-state index in [1.807, 2.05) is 0 Å². The van der Waals surface area contributed by atoms with Crippen molar-refractivity contribution in [1.82, 2.24) is 0 Å². The molecule has 0 unspecified atom stereocenters. The van der Waals surface area contributed by atoms with Crippen LogP contribution in [0.5, 0.6) is 17.2 Å². The van der Waals surface area contributed by atoms with Crippen LogP contribution in [0.2, 0.25) is 0 Å². The van der Waals surface area contributed by atoms with Crippen molar-refractivity contribution in [2.24, 2.45) is 0 Å². The Morgan fingerprint density at radius 3 is 2.11 bits per heavy atom. The standard InChI is InChI=1S/C13H18O5/c1-13(2,8-11(14)15)18-12-9(16-3)6-5-7-10(12)17-4/h5-7H,8H2,1-4H3,(H,14,15). The number of carbonyl (C=O) groups is 1. The summed E-state index contributed by atoms with van der Waals surface area (Å²) in [6.45, 7) is 3.40. The second-order valence-electron chi connectivity index (χ2n) is 4.42. The minimum absolute atomic E-state index is 0.117. The van der Waals surface area contributed by atoms with Crippen LogP contribution in [0.15, 0.2) is 18.2 Å². The van der Waals surface area contributed by atoms with Crippen molar-refractivity contribution in [3.05, 3.63) is 18.2 Å². The molecule has 0 saturated heterocycles. The molecular weight excluding hydrogens is 236 g/mol. The fourth-order valence-corrected chi connectivity index (χ4v) is 1.59. The van der Waals surface area contributed by atoms with E-state index >= 15 is 0 Å². The molecule has 100 valence electrons. The molecule has 0 saturated carbocycles. The fraction of sp³-hybridized carbons (Fsp3) is 0.462. The van der Waals surface area contributed by atoms with Gasteiger partial charge in [-0.2, -0.15) is 0 Å². The van der Waals surface area contributed by atoms with Gasteiger partial charge in [-0.1, -0.05) is 6.07 Å². The quantitative estimate of drug-likeness (QED) is 0.844. The van der Waals surface area contributed by atoms with Crippen molar-refractivity contribution in [2.75, 3.05) is 14.2 Å². The Morgan fingerprint density at radius 2 is 1.72 bits per heavy atom. The smallest absolute Gasteiger partial charge is 0.307 e. The molecule has 5 nitrogen and oxygen atoms in total. The zero-order valence-electron chi connectivity index (χ0n) is 11.0. The van der Waals surface area contributed by atoms with E-state index in [0.717, 1.165) is 0 Å². The van der Waals surface area contributed by atoms with Gasteiger partial charge in [0.1, 0.15) is 5.60 Å². The molecule has 0 radical (unpaired) electrons. The zero-order valence-corrected chi connectivity index (χ0v) is 11.0. The van der Waals surface area contributed by atoms with Crippen LogP contribution in [0.3, 0.4) is 0 Å². The lowest BCUT2D eigenvalue weighted by Crippen LogP contribution is -2.31. The molecule has 18 heavy (non-hydrogen) atoms. The molecule has 0 bridgehead atoms. The Hall–Kier alpha value is -1.91. The number of carboxylic acids is 1. The van der Waals surface area contributed by atoms with Crippen LogP contribution in [0.4, 0.5) is 0 Å². The molecule has 1 N–H and O–H groups in total. The van der Waals surface area contributed by atoms with E-state index in [1.54, 1.807) is 32.0 Å². The first kappa shape index (κ1) is 14.2. The van der Waals surface area contributed by atoms with Gasteiger partial charge in [-0.15, -0.1) is 0 Å². The summed E-state index contributed by atoms with van der Waals surface area (Å²) in [4.78, 5) is 10.8. The van der Waals surface area contributed by atoms with Crippen LogP contribution in [0, 0.1) is 0 Å². The highest BCUT2D eigenvalue weighted by molar-refractivity contribution is 5.68. The maximum absolute atomic E-state index is 10.8. The maximum Gasteiger partial charge on any atom is 0.307 e. The summed E-state index contributed by atoms with van der Waals surface area (Å²) in [6.07, 6.45) is -0.117. The van der Waals surface area contributed by atoms with Gasteiger partial charge in [-0.3, -0.25) is 4.79 Å². The van der Waals surface area contributed by atoms with Gasteiger partial charge in [0.25, 0.3) is 0 Å². The summed E-state index contributed by atoms with van der Waals surface area (Å²) >= 11 is 0. The average Bonchev–Trinajstić information content (AvgIpc) is 2.27. The van der Waals surface area contributed by atoms with Gasteiger partial charge in [0, 0.05) is 0 Å². The number of hydrogen-bond donors (Lipinski definition) is 1. The minimum atomic E-state index is -0.922. The van der Waals surface area contributed by atoms with Crippen molar-refractivity contribution < 1.29 is 24.1 Å². The first-order valence-electron chi connectivity index (χ1n) is 5.51. The summed E-state index contributed by atoms with van der Waals surface area (Å²) in [6, 6.07) is 5.23. The Bertz CT molecular complexity index is 403. The molecular formula is C13H18O5. The molecule has 0 aliphatic carbocycles. The number of ether oxygens (including phenoxy) is 3. The fourth-order valence-electron chi connectivity index (χ4n) is 1.59. The Kier molecular flexibility index (Phi) is 4.42. The summed E-state index contributed by atoms with van der Waals surface area (Å²) in [5, 5.41) is 8.84. The van der Waals surface area contributed by atoms with Crippen LogP contribution in [0.1, 0.15) is 20.3 Å². The van der Waals surface area contributed by atoms with E-state index in [4.69, 9.17) is 19.3 Å². The van der Waals surface area contributed by atoms with Gasteiger partial charge in [0.15, 0.2) is 11.5 Å². The van der Waals surface area contributed by atoms with Crippen molar-refractivity contribution >= 4 is 5.97 Å².